The first-order valence-corrected chi connectivity index (χ1v) is 5.24. The molecule has 0 aliphatic heterocycles. The minimum Gasteiger partial charge on any atom is -0.437 e. The molecule has 0 bridgehead atoms. The quantitative estimate of drug-likeness (QED) is 0.834. The van der Waals surface area contributed by atoms with Crippen molar-refractivity contribution in [2.24, 2.45) is 0 Å². The van der Waals surface area contributed by atoms with Crippen molar-refractivity contribution >= 4 is 30.2 Å². The number of anilines is 1. The lowest BCUT2D eigenvalue weighted by Crippen LogP contribution is -2.12. The normalized spacial score (nSPS) is 9.89. The molecule has 2 heterocycles. The van der Waals surface area contributed by atoms with E-state index in [-0.39, 0.29) is 18.3 Å². The van der Waals surface area contributed by atoms with E-state index in [1.807, 2.05) is 6.92 Å². The number of methoxy groups -OCH3 is 1. The average Bonchev–Trinajstić information content (AvgIpc) is 2.78. The zero-order valence-corrected chi connectivity index (χ0v) is 11.7. The van der Waals surface area contributed by atoms with Crippen LogP contribution in [-0.4, -0.2) is 40.1 Å². The minimum absolute atomic E-state index is 0. The number of carbonyl (C=O) groups is 1. The van der Waals surface area contributed by atoms with E-state index in [0.29, 0.717) is 17.2 Å². The lowest BCUT2D eigenvalue weighted by atomic mass is 10.2. The van der Waals surface area contributed by atoms with E-state index < -0.39 is 6.16 Å². The molecule has 9 heteroatoms. The van der Waals surface area contributed by atoms with Gasteiger partial charge in [-0.25, -0.2) is 4.79 Å². The molecule has 19 heavy (non-hydrogen) atoms. The first-order valence-electron chi connectivity index (χ1n) is 5.24. The summed E-state index contributed by atoms with van der Waals surface area (Å²) < 4.78 is 10.9. The molecule has 0 unspecified atom stereocenters. The second-order valence-electron chi connectivity index (χ2n) is 3.62. The summed E-state index contributed by atoms with van der Waals surface area (Å²) in [7, 11) is 2.94. The molecule has 0 amide bonds. The third-order valence-corrected chi connectivity index (χ3v) is 2.62. The van der Waals surface area contributed by atoms with Crippen LogP contribution in [0.15, 0.2) is 0 Å². The van der Waals surface area contributed by atoms with Gasteiger partial charge in [0.05, 0.1) is 7.11 Å². The van der Waals surface area contributed by atoms with Crippen molar-refractivity contribution in [3.63, 3.8) is 0 Å². The van der Waals surface area contributed by atoms with Crippen LogP contribution in [0.3, 0.4) is 0 Å². The maximum Gasteiger partial charge on any atom is 0.514 e. The number of rotatable bonds is 2. The van der Waals surface area contributed by atoms with Gasteiger partial charge >= 0.3 is 6.16 Å². The topological polar surface area (TPSA) is 90.6 Å². The molecule has 0 spiro atoms. The van der Waals surface area contributed by atoms with Gasteiger partial charge in [-0.05, 0) is 13.8 Å². The molecule has 0 aliphatic carbocycles. The molecular formula is C10H14ClN5O3. The van der Waals surface area contributed by atoms with Crippen LogP contribution in [0.1, 0.15) is 11.1 Å². The number of aromatic nitrogens is 4. The SMILES string of the molecule is CNc1nnc2c(C)c(C)c(OC(=O)OC)nn12.Cl. The Bertz CT molecular complexity index is 613. The maximum absolute atomic E-state index is 11.1. The van der Waals surface area contributed by atoms with Gasteiger partial charge in [0, 0.05) is 18.2 Å². The highest BCUT2D eigenvalue weighted by atomic mass is 35.5. The summed E-state index contributed by atoms with van der Waals surface area (Å²) >= 11 is 0. The molecule has 0 saturated heterocycles. The molecule has 0 aliphatic rings. The van der Waals surface area contributed by atoms with Crippen molar-refractivity contribution < 1.29 is 14.3 Å². The molecule has 104 valence electrons. The van der Waals surface area contributed by atoms with Crippen LogP contribution in [-0.2, 0) is 4.74 Å². The van der Waals surface area contributed by atoms with Gasteiger partial charge in [0.25, 0.3) is 0 Å². The number of hydrogen-bond donors (Lipinski definition) is 1. The van der Waals surface area contributed by atoms with E-state index in [4.69, 9.17) is 4.74 Å². The molecule has 2 rings (SSSR count). The summed E-state index contributed by atoms with van der Waals surface area (Å²) in [6, 6.07) is 0. The lowest BCUT2D eigenvalue weighted by Gasteiger charge is -2.08. The molecule has 0 fully saturated rings. The molecule has 0 atom stereocenters. The van der Waals surface area contributed by atoms with Crippen LogP contribution in [0.4, 0.5) is 10.7 Å². The monoisotopic (exact) mass is 287 g/mol. The number of aryl methyl sites for hydroxylation is 1. The summed E-state index contributed by atoms with van der Waals surface area (Å²) in [5, 5.41) is 14.9. The third-order valence-electron chi connectivity index (χ3n) is 2.62. The fourth-order valence-corrected chi connectivity index (χ4v) is 1.48. The van der Waals surface area contributed by atoms with Crippen LogP contribution < -0.4 is 10.1 Å². The van der Waals surface area contributed by atoms with Crippen molar-refractivity contribution in [2.75, 3.05) is 19.5 Å². The molecule has 0 aromatic carbocycles. The average molecular weight is 288 g/mol. The molecule has 0 saturated carbocycles. The first kappa shape index (κ1) is 15.0. The highest BCUT2D eigenvalue weighted by Crippen LogP contribution is 2.22. The molecule has 2 aromatic rings. The molecule has 1 N–H and O–H groups in total. The van der Waals surface area contributed by atoms with Crippen molar-refractivity contribution in [1.29, 1.82) is 0 Å². The number of ether oxygens (including phenoxy) is 2. The van der Waals surface area contributed by atoms with Crippen LogP contribution in [0.25, 0.3) is 5.65 Å². The van der Waals surface area contributed by atoms with Gasteiger partial charge in [-0.2, -0.15) is 4.52 Å². The molecule has 0 radical (unpaired) electrons. The number of nitrogens with zero attached hydrogens (tertiary/aromatic N) is 4. The Balaban J connectivity index is 0.00000180. The third kappa shape index (κ3) is 2.53. The second-order valence-corrected chi connectivity index (χ2v) is 3.62. The van der Waals surface area contributed by atoms with E-state index >= 15 is 0 Å². The molecule has 2 aromatic heterocycles. The highest BCUT2D eigenvalue weighted by molar-refractivity contribution is 5.85. The van der Waals surface area contributed by atoms with Crippen LogP contribution in [0, 0.1) is 13.8 Å². The Morgan fingerprint density at radius 3 is 2.53 bits per heavy atom. The van der Waals surface area contributed by atoms with E-state index in [1.54, 1.807) is 14.0 Å². The number of hydrogen-bond acceptors (Lipinski definition) is 7. The number of nitrogens with one attached hydrogen (secondary N) is 1. The Morgan fingerprint density at radius 1 is 1.26 bits per heavy atom. The first-order chi connectivity index (χ1) is 8.58. The Labute approximate surface area is 115 Å². The zero-order valence-electron chi connectivity index (χ0n) is 10.9. The van der Waals surface area contributed by atoms with Crippen LogP contribution in [0.5, 0.6) is 5.88 Å². The smallest absolute Gasteiger partial charge is 0.437 e. The number of carbonyl (C=O) groups excluding carboxylic acids is 1. The largest absolute Gasteiger partial charge is 0.514 e. The van der Waals surface area contributed by atoms with E-state index in [2.05, 4.69) is 25.3 Å². The zero-order chi connectivity index (χ0) is 13.3. The van der Waals surface area contributed by atoms with Gasteiger partial charge in [-0.1, -0.05) is 0 Å². The van der Waals surface area contributed by atoms with Gasteiger partial charge in [-0.15, -0.1) is 27.7 Å². The van der Waals surface area contributed by atoms with Crippen LogP contribution >= 0.6 is 12.4 Å². The Hall–Kier alpha value is -2.09. The summed E-state index contributed by atoms with van der Waals surface area (Å²) in [5.74, 6) is 0.631. The van der Waals surface area contributed by atoms with E-state index in [1.165, 1.54) is 11.6 Å². The van der Waals surface area contributed by atoms with E-state index in [9.17, 15) is 4.79 Å². The van der Waals surface area contributed by atoms with Crippen molar-refractivity contribution in [2.45, 2.75) is 13.8 Å². The Kier molecular flexibility index (Phi) is 4.49. The standard InChI is InChI=1S/C10H13N5O3.ClH/c1-5-6(2)8(18-10(16)17-4)14-15-7(5)12-13-9(15)11-3;/h1-4H3,(H,11,13);1H. The summed E-state index contributed by atoms with van der Waals surface area (Å²) in [4.78, 5) is 11.1. The predicted octanol–water partition coefficient (Wildman–Crippen LogP) is 1.35. The summed E-state index contributed by atoms with van der Waals surface area (Å²) in [6.07, 6.45) is -0.816. The fourth-order valence-electron chi connectivity index (χ4n) is 1.48. The summed E-state index contributed by atoms with van der Waals surface area (Å²) in [5.41, 5.74) is 2.15. The second kappa shape index (κ2) is 5.70. The van der Waals surface area contributed by atoms with Crippen LogP contribution in [0.2, 0.25) is 0 Å². The van der Waals surface area contributed by atoms with Gasteiger partial charge in [-0.3, -0.25) is 0 Å². The summed E-state index contributed by atoms with van der Waals surface area (Å²) in [6.45, 7) is 3.64. The van der Waals surface area contributed by atoms with Crippen molar-refractivity contribution in [3.8, 4) is 5.88 Å². The number of halogens is 1. The van der Waals surface area contributed by atoms with Crippen molar-refractivity contribution in [1.82, 2.24) is 19.8 Å². The highest BCUT2D eigenvalue weighted by Gasteiger charge is 2.17. The molecule has 8 nitrogen and oxygen atoms in total. The van der Waals surface area contributed by atoms with Gasteiger partial charge in [0.15, 0.2) is 5.65 Å². The van der Waals surface area contributed by atoms with Gasteiger partial charge in [0.1, 0.15) is 0 Å². The van der Waals surface area contributed by atoms with Gasteiger partial charge < -0.3 is 14.8 Å². The van der Waals surface area contributed by atoms with Crippen molar-refractivity contribution in [3.05, 3.63) is 11.1 Å². The van der Waals surface area contributed by atoms with Gasteiger partial charge in [0.2, 0.25) is 11.8 Å². The lowest BCUT2D eigenvalue weighted by molar-refractivity contribution is 0.119. The molecular weight excluding hydrogens is 274 g/mol. The number of fused-ring (bicyclic) bond motifs is 1. The maximum atomic E-state index is 11.1. The Morgan fingerprint density at radius 2 is 1.95 bits per heavy atom. The van der Waals surface area contributed by atoms with E-state index in [0.717, 1.165) is 5.56 Å². The fraction of sp³-hybridized carbons (Fsp3) is 0.400. The minimum atomic E-state index is -0.816. The predicted molar refractivity (Wildman–Crippen MR) is 70.1 cm³/mol.